The molecule has 1 aliphatic heterocycles. The molecule has 0 spiro atoms. The van der Waals surface area contributed by atoms with E-state index in [4.69, 9.17) is 0 Å². The predicted octanol–water partition coefficient (Wildman–Crippen LogP) is 1.73. The molecule has 1 fully saturated rings. The number of rotatable bonds is 4. The van der Waals surface area contributed by atoms with Gasteiger partial charge in [-0.05, 0) is 6.07 Å². The number of hydrogen-bond acceptors (Lipinski definition) is 3. The van der Waals surface area contributed by atoms with Crippen LogP contribution in [0, 0.1) is 5.92 Å². The number of amides is 2. The Kier molecular flexibility index (Phi) is 4.31. The number of fused-ring (bicyclic) bond motifs is 1. The zero-order valence-corrected chi connectivity index (χ0v) is 13.8. The molecular weight excluding hydrogens is 318 g/mol. The molecule has 132 valence electrons. The quantitative estimate of drug-likeness (QED) is 0.908. The first-order valence-corrected chi connectivity index (χ1v) is 8.23. The van der Waals surface area contributed by atoms with Crippen molar-refractivity contribution >= 4 is 11.8 Å². The summed E-state index contributed by atoms with van der Waals surface area (Å²) >= 11 is 0. The van der Waals surface area contributed by atoms with Gasteiger partial charge in [-0.3, -0.25) is 14.3 Å². The molecule has 6 nitrogen and oxygen atoms in total. The van der Waals surface area contributed by atoms with Crippen LogP contribution < -0.4 is 5.32 Å². The van der Waals surface area contributed by atoms with Crippen LogP contribution in [0.4, 0.5) is 8.78 Å². The van der Waals surface area contributed by atoms with Gasteiger partial charge in [0.1, 0.15) is 0 Å². The third-order valence-corrected chi connectivity index (χ3v) is 4.56. The van der Waals surface area contributed by atoms with Gasteiger partial charge < -0.3 is 10.2 Å². The predicted molar refractivity (Wildman–Crippen MR) is 82.2 cm³/mol. The first kappa shape index (κ1) is 16.9. The number of nitrogens with one attached hydrogen (secondary N) is 1. The molecule has 1 aromatic heterocycles. The minimum absolute atomic E-state index is 0.0338. The van der Waals surface area contributed by atoms with Crippen molar-refractivity contribution in [3.05, 3.63) is 18.0 Å². The van der Waals surface area contributed by atoms with Gasteiger partial charge in [0.15, 0.2) is 0 Å². The first-order valence-electron chi connectivity index (χ1n) is 8.23. The van der Waals surface area contributed by atoms with Crippen LogP contribution >= 0.6 is 0 Å². The van der Waals surface area contributed by atoms with Crippen LogP contribution in [0.5, 0.6) is 0 Å². The molecule has 3 rings (SSSR count). The second-order valence-corrected chi connectivity index (χ2v) is 7.03. The van der Waals surface area contributed by atoms with Crippen molar-refractivity contribution < 1.29 is 18.4 Å². The Labute approximate surface area is 139 Å². The van der Waals surface area contributed by atoms with E-state index in [0.29, 0.717) is 13.1 Å². The third-order valence-electron chi connectivity index (χ3n) is 4.56. The molecule has 0 radical (unpaired) electrons. The van der Waals surface area contributed by atoms with Crippen LogP contribution in [0.2, 0.25) is 0 Å². The highest BCUT2D eigenvalue weighted by molar-refractivity contribution is 5.79. The fourth-order valence-electron chi connectivity index (χ4n) is 3.34. The van der Waals surface area contributed by atoms with Crippen molar-refractivity contribution in [2.45, 2.75) is 57.7 Å². The van der Waals surface area contributed by atoms with Crippen molar-refractivity contribution in [1.29, 1.82) is 0 Å². The number of hydrogen-bond donors (Lipinski definition) is 1. The Morgan fingerprint density at radius 1 is 1.42 bits per heavy atom. The Morgan fingerprint density at radius 3 is 2.75 bits per heavy atom. The van der Waals surface area contributed by atoms with Crippen LogP contribution in [-0.2, 0) is 16.1 Å². The zero-order chi connectivity index (χ0) is 17.5. The van der Waals surface area contributed by atoms with Crippen molar-refractivity contribution in [2.24, 2.45) is 5.92 Å². The van der Waals surface area contributed by atoms with Crippen LogP contribution in [0.15, 0.2) is 12.3 Å². The lowest BCUT2D eigenvalue weighted by Gasteiger charge is -2.37. The Morgan fingerprint density at radius 2 is 2.12 bits per heavy atom. The van der Waals surface area contributed by atoms with E-state index >= 15 is 0 Å². The average Bonchev–Trinajstić information content (AvgIpc) is 2.92. The highest BCUT2D eigenvalue weighted by Crippen LogP contribution is 2.37. The van der Waals surface area contributed by atoms with Crippen LogP contribution in [0.25, 0.3) is 0 Å². The number of nitrogens with zero attached hydrogens (tertiary/aromatic N) is 3. The van der Waals surface area contributed by atoms with E-state index in [1.807, 2.05) is 19.9 Å². The summed E-state index contributed by atoms with van der Waals surface area (Å²) in [4.78, 5) is 26.2. The maximum atomic E-state index is 12.9. The largest absolute Gasteiger partial charge is 0.353 e. The molecule has 0 saturated heterocycles. The molecule has 2 aliphatic rings. The molecule has 1 atom stereocenters. The summed E-state index contributed by atoms with van der Waals surface area (Å²) in [5.74, 6) is -3.02. The van der Waals surface area contributed by atoms with Gasteiger partial charge in [0.2, 0.25) is 11.8 Å². The summed E-state index contributed by atoms with van der Waals surface area (Å²) in [5.41, 5.74) is 0.878. The Balaban J connectivity index is 1.64. The summed E-state index contributed by atoms with van der Waals surface area (Å²) in [5, 5.41) is 6.89. The fourth-order valence-corrected chi connectivity index (χ4v) is 3.34. The highest BCUT2D eigenvalue weighted by atomic mass is 19.3. The molecule has 2 heterocycles. The van der Waals surface area contributed by atoms with Crippen molar-refractivity contribution in [2.75, 3.05) is 6.54 Å². The number of aromatic nitrogens is 2. The second kappa shape index (κ2) is 6.14. The summed E-state index contributed by atoms with van der Waals surface area (Å²) < 4.78 is 27.5. The average molecular weight is 340 g/mol. The van der Waals surface area contributed by atoms with E-state index in [9.17, 15) is 18.4 Å². The van der Waals surface area contributed by atoms with Crippen LogP contribution in [-0.4, -0.2) is 45.0 Å². The van der Waals surface area contributed by atoms with Gasteiger partial charge in [-0.15, -0.1) is 0 Å². The SMILES string of the molecule is CC(C)C(=O)N1Cc2ccnn2[C@@H](CC(=O)NC2CC(F)(F)C2)C1. The monoisotopic (exact) mass is 340 g/mol. The Hall–Kier alpha value is -1.99. The molecule has 1 saturated carbocycles. The Bertz CT molecular complexity index is 636. The molecule has 1 N–H and O–H groups in total. The fraction of sp³-hybridized carbons (Fsp3) is 0.688. The van der Waals surface area contributed by atoms with E-state index in [0.717, 1.165) is 5.69 Å². The molecule has 1 aromatic rings. The van der Waals surface area contributed by atoms with Gasteiger partial charge >= 0.3 is 0 Å². The highest BCUT2D eigenvalue weighted by Gasteiger charge is 2.46. The maximum Gasteiger partial charge on any atom is 0.252 e. The number of alkyl halides is 2. The third kappa shape index (κ3) is 3.42. The van der Waals surface area contributed by atoms with Crippen molar-refractivity contribution in [3.63, 3.8) is 0 Å². The van der Waals surface area contributed by atoms with E-state index in [1.165, 1.54) is 0 Å². The first-order chi connectivity index (χ1) is 11.2. The lowest BCUT2D eigenvalue weighted by Crippen LogP contribution is -2.51. The summed E-state index contributed by atoms with van der Waals surface area (Å²) in [6.45, 7) is 4.56. The molecule has 0 unspecified atom stereocenters. The summed E-state index contributed by atoms with van der Waals surface area (Å²) in [6.07, 6.45) is 1.18. The topological polar surface area (TPSA) is 67.2 Å². The van der Waals surface area contributed by atoms with Gasteiger partial charge in [0.25, 0.3) is 5.92 Å². The molecule has 2 amide bonds. The van der Waals surface area contributed by atoms with E-state index in [1.54, 1.807) is 15.8 Å². The van der Waals surface area contributed by atoms with Gasteiger partial charge in [0.05, 0.1) is 24.7 Å². The smallest absolute Gasteiger partial charge is 0.252 e. The van der Waals surface area contributed by atoms with Crippen LogP contribution in [0.1, 0.15) is 44.8 Å². The van der Waals surface area contributed by atoms with Crippen molar-refractivity contribution in [1.82, 2.24) is 20.0 Å². The summed E-state index contributed by atoms with van der Waals surface area (Å²) in [6, 6.07) is 1.10. The molecule has 0 aromatic carbocycles. The van der Waals surface area contributed by atoms with Gasteiger partial charge in [-0.2, -0.15) is 5.10 Å². The number of carbonyl (C=O) groups is 2. The summed E-state index contributed by atoms with van der Waals surface area (Å²) in [7, 11) is 0. The second-order valence-electron chi connectivity index (χ2n) is 7.03. The lowest BCUT2D eigenvalue weighted by atomic mass is 9.88. The minimum atomic E-state index is -2.65. The van der Waals surface area contributed by atoms with E-state index < -0.39 is 12.0 Å². The lowest BCUT2D eigenvalue weighted by molar-refractivity contribution is -0.138. The number of halogens is 2. The normalized spacial score (nSPS) is 22.9. The molecule has 8 heteroatoms. The molecular formula is C16H22F2N4O2. The van der Waals surface area contributed by atoms with Gasteiger partial charge in [-0.25, -0.2) is 8.78 Å². The standard InChI is InChI=1S/C16H22F2N4O2/c1-10(2)15(24)21-8-12-3-4-19-22(12)13(9-21)5-14(23)20-11-6-16(17,18)7-11/h3-4,10-11,13H,5-9H2,1-2H3,(H,20,23)/t13-/m0/s1. The number of carbonyl (C=O) groups excluding carboxylic acids is 2. The maximum absolute atomic E-state index is 12.9. The molecule has 0 bridgehead atoms. The zero-order valence-electron chi connectivity index (χ0n) is 13.8. The van der Waals surface area contributed by atoms with E-state index in [2.05, 4.69) is 10.4 Å². The molecule has 24 heavy (non-hydrogen) atoms. The van der Waals surface area contributed by atoms with Gasteiger partial charge in [-0.1, -0.05) is 13.8 Å². The van der Waals surface area contributed by atoms with E-state index in [-0.39, 0.29) is 43.0 Å². The van der Waals surface area contributed by atoms with Crippen molar-refractivity contribution in [3.8, 4) is 0 Å². The van der Waals surface area contributed by atoms with Gasteiger partial charge in [0, 0.05) is 37.5 Å². The van der Waals surface area contributed by atoms with Crippen LogP contribution in [0.3, 0.4) is 0 Å². The molecule has 1 aliphatic carbocycles. The minimum Gasteiger partial charge on any atom is -0.353 e.